The molecular formula is C25H32N2O6. The Bertz CT molecular complexity index is 937. The molecule has 178 valence electrons. The second-order valence-electron chi connectivity index (χ2n) is 9.86. The molecule has 1 N–H and O–H groups in total. The average Bonchev–Trinajstić information content (AvgIpc) is 2.98. The van der Waals surface area contributed by atoms with Gasteiger partial charge in [0, 0.05) is 30.3 Å². The number of hydrogen-bond donors (Lipinski definition) is 1. The maximum Gasteiger partial charge on any atom is 0.308 e. The molecule has 0 aromatic heterocycles. The second-order valence-corrected chi connectivity index (χ2v) is 9.86. The number of benzene rings is 1. The Morgan fingerprint density at radius 2 is 2.06 bits per heavy atom. The van der Waals surface area contributed by atoms with Crippen LogP contribution in [0.15, 0.2) is 24.3 Å². The summed E-state index contributed by atoms with van der Waals surface area (Å²) >= 11 is 0. The lowest BCUT2D eigenvalue weighted by molar-refractivity contribution is -0.172. The molecule has 1 aromatic carbocycles. The highest BCUT2D eigenvalue weighted by atomic mass is 16.5. The van der Waals surface area contributed by atoms with Crippen molar-refractivity contribution in [3.63, 3.8) is 0 Å². The Kier molecular flexibility index (Phi) is 5.59. The van der Waals surface area contributed by atoms with Gasteiger partial charge in [-0.05, 0) is 56.3 Å². The summed E-state index contributed by atoms with van der Waals surface area (Å²) in [5.74, 6) is 0.284. The summed E-state index contributed by atoms with van der Waals surface area (Å²) in [5, 5.41) is 3.68. The number of carbonyl (C=O) groups excluding carboxylic acids is 3. The van der Waals surface area contributed by atoms with Gasteiger partial charge in [-0.2, -0.15) is 0 Å². The van der Waals surface area contributed by atoms with Crippen LogP contribution < -0.4 is 10.1 Å². The van der Waals surface area contributed by atoms with Crippen LogP contribution >= 0.6 is 0 Å². The van der Waals surface area contributed by atoms with Crippen LogP contribution in [0.25, 0.3) is 0 Å². The summed E-state index contributed by atoms with van der Waals surface area (Å²) in [6.07, 6.45) is 2.68. The van der Waals surface area contributed by atoms with Crippen molar-refractivity contribution >= 4 is 17.8 Å². The highest BCUT2D eigenvalue weighted by Gasteiger charge is 2.72. The lowest BCUT2D eigenvalue weighted by atomic mass is 9.52. The van der Waals surface area contributed by atoms with Gasteiger partial charge in [-0.25, -0.2) is 0 Å². The van der Waals surface area contributed by atoms with E-state index in [2.05, 4.69) is 5.32 Å². The molecule has 0 radical (unpaired) electrons. The van der Waals surface area contributed by atoms with Crippen LogP contribution in [0, 0.1) is 17.3 Å². The van der Waals surface area contributed by atoms with Gasteiger partial charge in [0.15, 0.2) is 0 Å². The predicted molar refractivity (Wildman–Crippen MR) is 118 cm³/mol. The number of esters is 2. The maximum absolute atomic E-state index is 13.9. The predicted octanol–water partition coefficient (Wildman–Crippen LogP) is 2.05. The number of cyclic esters (lactones) is 1. The molecule has 4 fully saturated rings. The third-order valence-corrected chi connectivity index (χ3v) is 8.34. The normalized spacial score (nSPS) is 34.8. The van der Waals surface area contributed by atoms with Gasteiger partial charge in [-0.1, -0.05) is 12.1 Å². The highest BCUT2D eigenvalue weighted by molar-refractivity contribution is 5.86. The van der Waals surface area contributed by atoms with Gasteiger partial charge in [0.25, 0.3) is 0 Å². The lowest BCUT2D eigenvalue weighted by Gasteiger charge is -2.60. The molecule has 1 amide bonds. The van der Waals surface area contributed by atoms with Gasteiger partial charge < -0.3 is 24.4 Å². The van der Waals surface area contributed by atoms with Crippen LogP contribution in [0.1, 0.15) is 44.6 Å². The van der Waals surface area contributed by atoms with Gasteiger partial charge in [0.05, 0.1) is 32.3 Å². The lowest BCUT2D eigenvalue weighted by Crippen LogP contribution is -2.74. The van der Waals surface area contributed by atoms with E-state index in [9.17, 15) is 14.4 Å². The molecule has 4 bridgehead atoms. The summed E-state index contributed by atoms with van der Waals surface area (Å²) in [7, 11) is 1.62. The van der Waals surface area contributed by atoms with E-state index >= 15 is 0 Å². The molecule has 0 unspecified atom stereocenters. The first-order chi connectivity index (χ1) is 15.9. The molecule has 3 saturated heterocycles. The Morgan fingerprint density at radius 3 is 2.73 bits per heavy atom. The standard InChI is InChI=1S/C25H32N2O6/c1-3-32-21(29)13-25-19-9-11-26-23(25)24(10-8-20(28)33-15-24)12-18(19)22(30)27(25)14-16-4-6-17(31-2)7-5-16/h4-7,18-19,23,26H,3,8-15H2,1-2H3/t18-,19+,23-,24-,25-/m0/s1. The van der Waals surface area contributed by atoms with Crippen LogP contribution in [0.3, 0.4) is 0 Å². The molecule has 5 rings (SSSR count). The van der Waals surface area contributed by atoms with Crippen molar-refractivity contribution in [3.8, 4) is 5.75 Å². The Balaban J connectivity index is 1.57. The van der Waals surface area contributed by atoms with Gasteiger partial charge in [0.1, 0.15) is 5.75 Å². The summed E-state index contributed by atoms with van der Waals surface area (Å²) in [4.78, 5) is 40.7. The fraction of sp³-hybridized carbons (Fsp3) is 0.640. The van der Waals surface area contributed by atoms with Crippen LogP contribution in [0.4, 0.5) is 0 Å². The molecule has 3 aliphatic heterocycles. The van der Waals surface area contributed by atoms with Crippen molar-refractivity contribution in [3.05, 3.63) is 29.8 Å². The first kappa shape index (κ1) is 22.2. The van der Waals surface area contributed by atoms with Gasteiger partial charge in [-0.15, -0.1) is 0 Å². The first-order valence-electron chi connectivity index (χ1n) is 11.9. The number of ether oxygens (including phenoxy) is 3. The fourth-order valence-corrected chi connectivity index (χ4v) is 7.06. The van der Waals surface area contributed by atoms with E-state index in [1.165, 1.54) is 0 Å². The van der Waals surface area contributed by atoms with Crippen molar-refractivity contribution < 1.29 is 28.6 Å². The van der Waals surface area contributed by atoms with E-state index in [1.54, 1.807) is 14.0 Å². The molecule has 8 nitrogen and oxygen atoms in total. The zero-order chi connectivity index (χ0) is 23.2. The average molecular weight is 457 g/mol. The number of likely N-dealkylation sites (tertiary alicyclic amines) is 1. The summed E-state index contributed by atoms with van der Waals surface area (Å²) < 4.78 is 16.2. The summed E-state index contributed by atoms with van der Waals surface area (Å²) in [6, 6.07) is 7.58. The van der Waals surface area contributed by atoms with E-state index in [-0.39, 0.29) is 47.6 Å². The summed E-state index contributed by atoms with van der Waals surface area (Å²) in [5.41, 5.74) is -0.0670. The summed E-state index contributed by atoms with van der Waals surface area (Å²) in [6.45, 7) is 3.60. The third kappa shape index (κ3) is 3.41. The zero-order valence-electron chi connectivity index (χ0n) is 19.3. The first-order valence-corrected chi connectivity index (χ1v) is 11.9. The smallest absolute Gasteiger partial charge is 0.308 e. The molecule has 1 spiro atoms. The Labute approximate surface area is 193 Å². The van der Waals surface area contributed by atoms with Crippen molar-refractivity contribution in [1.82, 2.24) is 10.2 Å². The number of fused-ring (bicyclic) bond motifs is 1. The largest absolute Gasteiger partial charge is 0.497 e. The fourth-order valence-electron chi connectivity index (χ4n) is 7.06. The van der Waals surface area contributed by atoms with Crippen molar-refractivity contribution in [2.75, 3.05) is 26.9 Å². The van der Waals surface area contributed by atoms with Crippen molar-refractivity contribution in [1.29, 1.82) is 0 Å². The van der Waals surface area contributed by atoms with Gasteiger partial charge >= 0.3 is 11.9 Å². The monoisotopic (exact) mass is 456 g/mol. The number of piperidine rings is 1. The van der Waals surface area contributed by atoms with Crippen molar-refractivity contribution in [2.24, 2.45) is 17.3 Å². The van der Waals surface area contributed by atoms with Crippen LogP contribution in [-0.2, 0) is 30.4 Å². The Morgan fingerprint density at radius 1 is 1.27 bits per heavy atom. The van der Waals surface area contributed by atoms with Crippen LogP contribution in [0.5, 0.6) is 5.75 Å². The Hall–Kier alpha value is -2.61. The van der Waals surface area contributed by atoms with E-state index < -0.39 is 5.54 Å². The molecule has 4 aliphatic rings. The quantitative estimate of drug-likeness (QED) is 0.655. The molecule has 1 saturated carbocycles. The number of nitrogens with zero attached hydrogens (tertiary/aromatic N) is 1. The van der Waals surface area contributed by atoms with E-state index in [4.69, 9.17) is 14.2 Å². The third-order valence-electron chi connectivity index (χ3n) is 8.34. The topological polar surface area (TPSA) is 94.2 Å². The molecule has 1 aromatic rings. The number of hydrogen-bond acceptors (Lipinski definition) is 7. The number of rotatable bonds is 6. The maximum atomic E-state index is 13.9. The number of carbonyl (C=O) groups is 3. The van der Waals surface area contributed by atoms with E-state index in [1.807, 2.05) is 29.2 Å². The zero-order valence-corrected chi connectivity index (χ0v) is 19.3. The number of nitrogens with one attached hydrogen (secondary N) is 1. The molecular weight excluding hydrogens is 424 g/mol. The minimum absolute atomic E-state index is 0.0714. The second kappa shape index (κ2) is 8.31. The molecule has 1 aliphatic carbocycles. The molecule has 3 heterocycles. The SMILES string of the molecule is CCOC(=O)C[C@]12[C@@H]3CCN[C@H]1[C@@]1(CCC(=O)OC1)C[C@@H]3C(=O)N2Cc1ccc(OC)cc1. The van der Waals surface area contributed by atoms with Crippen LogP contribution in [0.2, 0.25) is 0 Å². The molecule has 33 heavy (non-hydrogen) atoms. The van der Waals surface area contributed by atoms with Crippen LogP contribution in [-0.4, -0.2) is 61.2 Å². The minimum Gasteiger partial charge on any atom is -0.497 e. The van der Waals surface area contributed by atoms with Crippen molar-refractivity contribution in [2.45, 2.75) is 57.2 Å². The van der Waals surface area contributed by atoms with E-state index in [0.717, 1.165) is 24.3 Å². The van der Waals surface area contributed by atoms with Gasteiger partial charge in [0.2, 0.25) is 5.91 Å². The number of methoxy groups -OCH3 is 1. The number of amides is 1. The van der Waals surface area contributed by atoms with E-state index in [0.29, 0.717) is 39.0 Å². The molecule has 8 heteroatoms. The highest BCUT2D eigenvalue weighted by Crippen LogP contribution is 2.62. The van der Waals surface area contributed by atoms with Gasteiger partial charge in [-0.3, -0.25) is 14.4 Å². The molecule has 5 atom stereocenters. The minimum atomic E-state index is -0.700.